The summed E-state index contributed by atoms with van der Waals surface area (Å²) in [5.74, 6) is -1.98. The number of imide groups is 2. The van der Waals surface area contributed by atoms with Crippen molar-refractivity contribution in [2.24, 2.45) is 0 Å². The molecule has 2 aliphatic heterocycles. The quantitative estimate of drug-likeness (QED) is 0.569. The van der Waals surface area contributed by atoms with Gasteiger partial charge in [-0.25, -0.2) is 14.6 Å². The number of rotatable bonds is 4. The number of hydrogen-bond acceptors (Lipinski definition) is 6. The molecule has 9 heteroatoms. The third-order valence-electron chi connectivity index (χ3n) is 4.09. The second-order valence-corrected chi connectivity index (χ2v) is 6.20. The Bertz CT molecular complexity index is 691. The van der Waals surface area contributed by atoms with E-state index >= 15 is 0 Å². The maximum absolute atomic E-state index is 12.4. The van der Waals surface area contributed by atoms with E-state index in [0.29, 0.717) is 23.7 Å². The minimum absolute atomic E-state index is 0.130. The van der Waals surface area contributed by atoms with Crippen molar-refractivity contribution >= 4 is 23.8 Å². The van der Waals surface area contributed by atoms with Gasteiger partial charge in [0.2, 0.25) is 5.91 Å². The van der Waals surface area contributed by atoms with Crippen molar-refractivity contribution in [1.82, 2.24) is 14.7 Å². The molecule has 0 bridgehead atoms. The van der Waals surface area contributed by atoms with Gasteiger partial charge in [0.25, 0.3) is 0 Å². The molecular weight excluding hydrogens is 330 g/mol. The van der Waals surface area contributed by atoms with Gasteiger partial charge in [-0.15, -0.1) is 0 Å². The zero-order chi connectivity index (χ0) is 18.1. The molecule has 1 aromatic heterocycles. The normalized spacial score (nSPS) is 24.4. The predicted molar refractivity (Wildman–Crippen MR) is 83.0 cm³/mol. The standard InChI is InChI=1S/C16H19N3O6/c1-10-6-17(7-11(2)25-10)13(20)9-19-15(22)14(21)18(16(19)23)8-12-4-3-5-24-12/h3-5,10-11H,6-9H2,1-2H3/t10-,11-/m1/s1. The Morgan fingerprint density at radius 2 is 1.76 bits per heavy atom. The van der Waals surface area contributed by atoms with Crippen LogP contribution in [0.25, 0.3) is 0 Å². The second kappa shape index (κ2) is 6.67. The largest absolute Gasteiger partial charge is 0.467 e. The van der Waals surface area contributed by atoms with Gasteiger partial charge in [-0.3, -0.25) is 14.4 Å². The summed E-state index contributed by atoms with van der Waals surface area (Å²) in [4.78, 5) is 51.9. The molecule has 0 N–H and O–H groups in total. The molecule has 0 spiro atoms. The van der Waals surface area contributed by atoms with Crippen molar-refractivity contribution in [2.75, 3.05) is 19.6 Å². The van der Waals surface area contributed by atoms with Crippen LogP contribution in [0.4, 0.5) is 4.79 Å². The van der Waals surface area contributed by atoms with Crippen molar-refractivity contribution in [2.45, 2.75) is 32.6 Å². The van der Waals surface area contributed by atoms with Crippen molar-refractivity contribution in [3.8, 4) is 0 Å². The highest BCUT2D eigenvalue weighted by Crippen LogP contribution is 2.17. The number of carbonyl (C=O) groups is 4. The second-order valence-electron chi connectivity index (χ2n) is 6.20. The Balaban J connectivity index is 1.67. The van der Waals surface area contributed by atoms with Crippen molar-refractivity contribution in [3.63, 3.8) is 0 Å². The summed E-state index contributed by atoms with van der Waals surface area (Å²) in [6.07, 6.45) is 1.15. The van der Waals surface area contributed by atoms with E-state index < -0.39 is 30.3 Å². The molecule has 134 valence electrons. The van der Waals surface area contributed by atoms with Crippen LogP contribution in [0.3, 0.4) is 0 Å². The highest BCUT2D eigenvalue weighted by Gasteiger charge is 2.46. The van der Waals surface area contributed by atoms with Crippen LogP contribution in [0.2, 0.25) is 0 Å². The van der Waals surface area contributed by atoms with Gasteiger partial charge in [0.05, 0.1) is 25.0 Å². The lowest BCUT2D eigenvalue weighted by Gasteiger charge is -2.35. The van der Waals surface area contributed by atoms with Crippen LogP contribution in [0.5, 0.6) is 0 Å². The Morgan fingerprint density at radius 1 is 1.12 bits per heavy atom. The fourth-order valence-corrected chi connectivity index (χ4v) is 3.00. The zero-order valence-corrected chi connectivity index (χ0v) is 14.0. The molecule has 25 heavy (non-hydrogen) atoms. The lowest BCUT2D eigenvalue weighted by molar-refractivity contribution is -0.148. The van der Waals surface area contributed by atoms with Crippen molar-refractivity contribution in [1.29, 1.82) is 0 Å². The number of hydrogen-bond donors (Lipinski definition) is 0. The molecule has 2 aliphatic rings. The minimum Gasteiger partial charge on any atom is -0.467 e. The Labute approximate surface area is 144 Å². The van der Waals surface area contributed by atoms with E-state index in [1.54, 1.807) is 17.0 Å². The minimum atomic E-state index is -1.00. The lowest BCUT2D eigenvalue weighted by atomic mass is 10.2. The maximum Gasteiger partial charge on any atom is 0.335 e. The molecule has 1 aromatic rings. The van der Waals surface area contributed by atoms with Crippen LogP contribution < -0.4 is 0 Å². The van der Waals surface area contributed by atoms with E-state index in [1.807, 2.05) is 13.8 Å². The molecule has 0 saturated carbocycles. The van der Waals surface area contributed by atoms with E-state index in [-0.39, 0.29) is 18.8 Å². The van der Waals surface area contributed by atoms with E-state index in [2.05, 4.69) is 0 Å². The summed E-state index contributed by atoms with van der Waals surface area (Å²) in [5, 5.41) is 0. The summed E-state index contributed by atoms with van der Waals surface area (Å²) >= 11 is 0. The predicted octanol–water partition coefficient (Wildman–Crippen LogP) is 0.206. The third kappa shape index (κ3) is 3.41. The Morgan fingerprint density at radius 3 is 2.36 bits per heavy atom. The molecule has 0 unspecified atom stereocenters. The smallest absolute Gasteiger partial charge is 0.335 e. The first kappa shape index (κ1) is 17.2. The van der Waals surface area contributed by atoms with Gasteiger partial charge in [0, 0.05) is 13.1 Å². The number of urea groups is 1. The average molecular weight is 349 g/mol. The first-order chi connectivity index (χ1) is 11.9. The molecular formula is C16H19N3O6. The number of morpholine rings is 1. The van der Waals surface area contributed by atoms with Crippen LogP contribution >= 0.6 is 0 Å². The topological polar surface area (TPSA) is 100 Å². The van der Waals surface area contributed by atoms with Gasteiger partial charge in [-0.2, -0.15) is 0 Å². The summed E-state index contributed by atoms with van der Waals surface area (Å²) in [7, 11) is 0. The summed E-state index contributed by atoms with van der Waals surface area (Å²) in [6, 6.07) is 2.40. The molecule has 5 amide bonds. The van der Waals surface area contributed by atoms with Gasteiger partial charge in [-0.05, 0) is 26.0 Å². The van der Waals surface area contributed by atoms with Crippen LogP contribution in [-0.4, -0.2) is 70.3 Å². The molecule has 0 aromatic carbocycles. The van der Waals surface area contributed by atoms with E-state index in [9.17, 15) is 19.2 Å². The molecule has 2 saturated heterocycles. The van der Waals surface area contributed by atoms with E-state index in [0.717, 1.165) is 4.90 Å². The average Bonchev–Trinajstić information content (AvgIpc) is 3.13. The third-order valence-corrected chi connectivity index (χ3v) is 4.09. The monoisotopic (exact) mass is 349 g/mol. The van der Waals surface area contributed by atoms with Crippen molar-refractivity contribution in [3.05, 3.63) is 24.2 Å². The fourth-order valence-electron chi connectivity index (χ4n) is 3.00. The molecule has 2 atom stereocenters. The number of amides is 5. The van der Waals surface area contributed by atoms with E-state index in [4.69, 9.17) is 9.15 Å². The highest BCUT2D eigenvalue weighted by atomic mass is 16.5. The molecule has 3 heterocycles. The molecule has 2 fully saturated rings. The fraction of sp³-hybridized carbons (Fsp3) is 0.500. The van der Waals surface area contributed by atoms with Gasteiger partial charge < -0.3 is 14.1 Å². The molecule has 9 nitrogen and oxygen atoms in total. The van der Waals surface area contributed by atoms with Crippen LogP contribution in [-0.2, 0) is 25.7 Å². The van der Waals surface area contributed by atoms with Gasteiger partial charge in [0.1, 0.15) is 12.3 Å². The van der Waals surface area contributed by atoms with Crippen LogP contribution in [0.1, 0.15) is 19.6 Å². The highest BCUT2D eigenvalue weighted by molar-refractivity contribution is 6.44. The Kier molecular flexibility index (Phi) is 4.58. The molecule has 0 aliphatic carbocycles. The van der Waals surface area contributed by atoms with Gasteiger partial charge in [-0.1, -0.05) is 0 Å². The summed E-state index contributed by atoms with van der Waals surface area (Å²) < 4.78 is 10.7. The van der Waals surface area contributed by atoms with Gasteiger partial charge >= 0.3 is 17.8 Å². The van der Waals surface area contributed by atoms with Crippen molar-refractivity contribution < 1.29 is 28.3 Å². The Hall–Kier alpha value is -2.68. The van der Waals surface area contributed by atoms with Gasteiger partial charge in [0.15, 0.2) is 0 Å². The SMILES string of the molecule is C[C@@H]1CN(C(=O)CN2C(=O)C(=O)N(Cc3ccco3)C2=O)C[C@@H](C)O1. The summed E-state index contributed by atoms with van der Waals surface area (Å²) in [6.45, 7) is 3.84. The molecule has 3 rings (SSSR count). The van der Waals surface area contributed by atoms with Crippen LogP contribution in [0.15, 0.2) is 22.8 Å². The lowest BCUT2D eigenvalue weighted by Crippen LogP contribution is -2.51. The zero-order valence-electron chi connectivity index (χ0n) is 14.0. The number of nitrogens with zero attached hydrogens (tertiary/aromatic N) is 3. The number of carbonyl (C=O) groups excluding carboxylic acids is 4. The first-order valence-corrected chi connectivity index (χ1v) is 7.99. The summed E-state index contributed by atoms with van der Waals surface area (Å²) in [5.41, 5.74) is 0. The number of ether oxygens (including phenoxy) is 1. The van der Waals surface area contributed by atoms with Crippen LogP contribution in [0, 0.1) is 0 Å². The molecule has 0 radical (unpaired) electrons. The van der Waals surface area contributed by atoms with E-state index in [1.165, 1.54) is 6.26 Å². The number of furan rings is 1. The first-order valence-electron chi connectivity index (χ1n) is 7.99. The maximum atomic E-state index is 12.4.